The summed E-state index contributed by atoms with van der Waals surface area (Å²) in [5.74, 6) is -0.234. The van der Waals surface area contributed by atoms with Crippen molar-refractivity contribution in [1.82, 2.24) is 5.32 Å². The summed E-state index contributed by atoms with van der Waals surface area (Å²) in [5, 5.41) is 2.78. The van der Waals surface area contributed by atoms with Crippen molar-refractivity contribution in [2.24, 2.45) is 5.41 Å². The van der Waals surface area contributed by atoms with E-state index in [1.54, 1.807) is 24.3 Å². The van der Waals surface area contributed by atoms with Crippen molar-refractivity contribution in [2.75, 3.05) is 0 Å². The maximum atomic E-state index is 11.9. The van der Waals surface area contributed by atoms with E-state index in [9.17, 15) is 9.59 Å². The second kappa shape index (κ2) is 5.13. The first-order chi connectivity index (χ1) is 7.82. The van der Waals surface area contributed by atoms with E-state index >= 15 is 0 Å². The summed E-state index contributed by atoms with van der Waals surface area (Å²) in [6.45, 7) is 7.31. The minimum Gasteiger partial charge on any atom is -0.342 e. The van der Waals surface area contributed by atoms with E-state index in [1.165, 1.54) is 6.92 Å². The molecule has 1 amide bonds. The number of hydrogen-bond donors (Lipinski definition) is 1. The second-order valence-electron chi connectivity index (χ2n) is 5.25. The van der Waals surface area contributed by atoms with E-state index in [4.69, 9.17) is 0 Å². The molecule has 0 aromatic heterocycles. The van der Waals surface area contributed by atoms with Gasteiger partial charge >= 0.3 is 0 Å². The predicted molar refractivity (Wildman–Crippen MR) is 69.9 cm³/mol. The molecule has 94 valence electrons. The molecular formula is C14H21NO2. The minimum absolute atomic E-state index is 0. The average molecular weight is 235 g/mol. The smallest absolute Gasteiger partial charge is 0.251 e. The molecule has 0 saturated carbocycles. The van der Waals surface area contributed by atoms with Crippen molar-refractivity contribution < 1.29 is 11.0 Å². The van der Waals surface area contributed by atoms with Gasteiger partial charge in [-0.25, -0.2) is 0 Å². The van der Waals surface area contributed by atoms with E-state index in [2.05, 4.69) is 5.32 Å². The summed E-state index contributed by atoms with van der Waals surface area (Å²) in [6.07, 6.45) is 0. The number of amides is 1. The van der Waals surface area contributed by atoms with E-state index in [0.717, 1.165) is 0 Å². The summed E-state index contributed by atoms with van der Waals surface area (Å²) in [7, 11) is 0. The van der Waals surface area contributed by atoms with Gasteiger partial charge in [0.25, 0.3) is 5.91 Å². The van der Waals surface area contributed by atoms with Gasteiger partial charge in [-0.05, 0) is 24.5 Å². The number of ketones is 1. The van der Waals surface area contributed by atoms with E-state index in [-0.39, 0.29) is 18.5 Å². The maximum absolute atomic E-state index is 11.9. The molecule has 1 N–H and O–H groups in total. The Morgan fingerprint density at radius 2 is 1.71 bits per heavy atom. The fourth-order valence-corrected chi connectivity index (χ4v) is 1.73. The second-order valence-corrected chi connectivity index (χ2v) is 5.25. The molecular weight excluding hydrogens is 214 g/mol. The van der Waals surface area contributed by atoms with Crippen LogP contribution in [-0.4, -0.2) is 17.7 Å². The van der Waals surface area contributed by atoms with Gasteiger partial charge in [-0.2, -0.15) is 0 Å². The Morgan fingerprint density at radius 1 is 1.18 bits per heavy atom. The highest BCUT2D eigenvalue weighted by Crippen LogP contribution is 2.20. The van der Waals surface area contributed by atoms with Crippen molar-refractivity contribution in [3.05, 3.63) is 35.9 Å². The minimum atomic E-state index is -0.463. The normalized spacial score (nSPS) is 12.9. The van der Waals surface area contributed by atoms with Crippen LogP contribution < -0.4 is 5.32 Å². The summed E-state index contributed by atoms with van der Waals surface area (Å²) >= 11 is 0. The van der Waals surface area contributed by atoms with Crippen LogP contribution in [0.2, 0.25) is 0 Å². The van der Waals surface area contributed by atoms with Crippen molar-refractivity contribution in [3.8, 4) is 0 Å². The van der Waals surface area contributed by atoms with E-state index < -0.39 is 6.04 Å². The number of carbonyl (C=O) groups is 2. The van der Waals surface area contributed by atoms with Crippen LogP contribution in [-0.2, 0) is 4.79 Å². The van der Waals surface area contributed by atoms with Crippen LogP contribution in [0.4, 0.5) is 0 Å². The largest absolute Gasteiger partial charge is 0.342 e. The molecule has 0 spiro atoms. The number of Topliss-reactive ketones (excluding diaryl/α,β-unsaturated/α-hetero) is 1. The van der Waals surface area contributed by atoms with Gasteiger partial charge in [0, 0.05) is 6.99 Å². The monoisotopic (exact) mass is 235 g/mol. The molecule has 3 heteroatoms. The number of rotatable bonds is 3. The molecule has 17 heavy (non-hydrogen) atoms. The summed E-state index contributed by atoms with van der Waals surface area (Å²) in [5.41, 5.74) is 0.291. The molecule has 0 saturated heterocycles. The molecule has 1 atom stereocenters. The molecule has 3 nitrogen and oxygen atoms in total. The molecule has 0 unspecified atom stereocenters. The highest BCUT2D eigenvalue weighted by Gasteiger charge is 2.30. The SMILES string of the molecule is CC(=O)[C@@H](NC(=O)c1ccccc1)C(C)(C)C.[HH]. The molecule has 1 aromatic carbocycles. The van der Waals surface area contributed by atoms with Crippen molar-refractivity contribution in [1.29, 1.82) is 0 Å². The number of nitrogens with one attached hydrogen (secondary N) is 1. The summed E-state index contributed by atoms with van der Waals surface area (Å²) in [6, 6.07) is 8.45. The fraction of sp³-hybridized carbons (Fsp3) is 0.429. The van der Waals surface area contributed by atoms with Crippen LogP contribution in [0.5, 0.6) is 0 Å². The quantitative estimate of drug-likeness (QED) is 0.875. The average Bonchev–Trinajstić information content (AvgIpc) is 2.24. The van der Waals surface area contributed by atoms with Crippen molar-refractivity contribution in [2.45, 2.75) is 33.7 Å². The first-order valence-electron chi connectivity index (χ1n) is 5.68. The first-order valence-corrected chi connectivity index (χ1v) is 5.68. The van der Waals surface area contributed by atoms with Gasteiger partial charge in [0.2, 0.25) is 0 Å². The van der Waals surface area contributed by atoms with Crippen LogP contribution in [0.25, 0.3) is 0 Å². The molecule has 0 radical (unpaired) electrons. The molecule has 0 bridgehead atoms. The third kappa shape index (κ3) is 3.70. The Kier molecular flexibility index (Phi) is 4.05. The lowest BCUT2D eigenvalue weighted by Gasteiger charge is -2.29. The summed E-state index contributed by atoms with van der Waals surface area (Å²) in [4.78, 5) is 23.5. The third-order valence-corrected chi connectivity index (χ3v) is 2.58. The van der Waals surface area contributed by atoms with Gasteiger partial charge in [-0.1, -0.05) is 39.0 Å². The zero-order chi connectivity index (χ0) is 13.1. The Labute approximate surface area is 104 Å². The van der Waals surface area contributed by atoms with Crippen LogP contribution in [0.3, 0.4) is 0 Å². The molecule has 0 aliphatic carbocycles. The van der Waals surface area contributed by atoms with Gasteiger partial charge < -0.3 is 5.32 Å². The number of benzene rings is 1. The highest BCUT2D eigenvalue weighted by atomic mass is 16.2. The van der Waals surface area contributed by atoms with Crippen molar-refractivity contribution >= 4 is 11.7 Å². The zero-order valence-electron chi connectivity index (χ0n) is 10.8. The molecule has 1 aromatic rings. The Hall–Kier alpha value is -1.64. The van der Waals surface area contributed by atoms with Gasteiger partial charge in [-0.3, -0.25) is 9.59 Å². The Morgan fingerprint density at radius 3 is 2.12 bits per heavy atom. The number of carbonyl (C=O) groups excluding carboxylic acids is 2. The lowest BCUT2D eigenvalue weighted by Crippen LogP contribution is -2.48. The van der Waals surface area contributed by atoms with Crippen LogP contribution in [0, 0.1) is 5.41 Å². The van der Waals surface area contributed by atoms with Gasteiger partial charge in [0.15, 0.2) is 5.78 Å². The lowest BCUT2D eigenvalue weighted by molar-refractivity contribution is -0.121. The number of hydrogen-bond acceptors (Lipinski definition) is 2. The molecule has 0 heterocycles. The highest BCUT2D eigenvalue weighted by molar-refractivity contribution is 5.97. The van der Waals surface area contributed by atoms with Crippen LogP contribution >= 0.6 is 0 Å². The van der Waals surface area contributed by atoms with Gasteiger partial charge in [0.05, 0.1) is 6.04 Å². The third-order valence-electron chi connectivity index (χ3n) is 2.58. The predicted octanol–water partition coefficient (Wildman–Crippen LogP) is 2.67. The summed E-state index contributed by atoms with van der Waals surface area (Å²) < 4.78 is 0. The lowest BCUT2D eigenvalue weighted by atomic mass is 9.84. The Bertz CT molecular complexity index is 410. The Balaban J connectivity index is 0.00000289. The van der Waals surface area contributed by atoms with Crippen LogP contribution in [0.1, 0.15) is 39.5 Å². The topological polar surface area (TPSA) is 46.2 Å². The van der Waals surface area contributed by atoms with Gasteiger partial charge in [-0.15, -0.1) is 0 Å². The first kappa shape index (κ1) is 13.4. The van der Waals surface area contributed by atoms with Crippen molar-refractivity contribution in [3.63, 3.8) is 0 Å². The van der Waals surface area contributed by atoms with Gasteiger partial charge in [0.1, 0.15) is 0 Å². The molecule has 0 aliphatic rings. The van der Waals surface area contributed by atoms with Crippen LogP contribution in [0.15, 0.2) is 30.3 Å². The molecule has 0 aliphatic heterocycles. The molecule has 1 rings (SSSR count). The van der Waals surface area contributed by atoms with E-state index in [1.807, 2.05) is 26.8 Å². The maximum Gasteiger partial charge on any atom is 0.251 e. The standard InChI is InChI=1S/C14H19NO2.H2/c1-10(16)12(14(2,3)4)15-13(17)11-8-6-5-7-9-11;/h5-9,12H,1-4H3,(H,15,17);1H/t12-;/m1./s1. The fourth-order valence-electron chi connectivity index (χ4n) is 1.73. The molecule has 0 fully saturated rings. The van der Waals surface area contributed by atoms with E-state index in [0.29, 0.717) is 5.56 Å². The zero-order valence-corrected chi connectivity index (χ0v) is 10.8.